The highest BCUT2D eigenvalue weighted by atomic mass is 16.5. The Morgan fingerprint density at radius 3 is 2.91 bits per heavy atom. The Balaban J connectivity index is 1.73. The number of nitrogens with zero attached hydrogens (tertiary/aromatic N) is 3. The number of methoxy groups -OCH3 is 1. The first-order valence-corrected chi connectivity index (χ1v) is 7.51. The maximum atomic E-state index is 12.6. The number of morpholine rings is 1. The van der Waals surface area contributed by atoms with Crippen molar-refractivity contribution in [2.45, 2.75) is 13.0 Å². The molecule has 0 unspecified atom stereocenters. The predicted octanol–water partition coefficient (Wildman–Crippen LogP) is 2.01. The predicted molar refractivity (Wildman–Crippen MR) is 84.4 cm³/mol. The molecule has 0 saturated carbocycles. The van der Waals surface area contributed by atoms with Crippen molar-refractivity contribution in [1.82, 2.24) is 14.9 Å². The van der Waals surface area contributed by atoms with Crippen molar-refractivity contribution in [3.8, 4) is 5.88 Å². The maximum absolute atomic E-state index is 12.6. The Morgan fingerprint density at radius 1 is 1.35 bits per heavy atom. The van der Waals surface area contributed by atoms with Gasteiger partial charge in [0.2, 0.25) is 5.88 Å². The smallest absolute Gasteiger partial charge is 0.255 e. The summed E-state index contributed by atoms with van der Waals surface area (Å²) in [7, 11) is 1.55. The van der Waals surface area contributed by atoms with Crippen molar-refractivity contribution in [2.24, 2.45) is 0 Å². The molecule has 1 aliphatic rings. The van der Waals surface area contributed by atoms with E-state index in [2.05, 4.69) is 9.97 Å². The van der Waals surface area contributed by atoms with E-state index in [1.165, 1.54) is 0 Å². The molecular formula is C17H19N3O3. The lowest BCUT2D eigenvalue weighted by Gasteiger charge is -2.33. The van der Waals surface area contributed by atoms with Gasteiger partial charge in [-0.05, 0) is 30.7 Å². The van der Waals surface area contributed by atoms with Crippen LogP contribution in [-0.4, -0.2) is 47.6 Å². The zero-order valence-corrected chi connectivity index (χ0v) is 13.2. The highest BCUT2D eigenvalue weighted by Crippen LogP contribution is 2.23. The molecule has 2 aromatic rings. The third-order valence-electron chi connectivity index (χ3n) is 3.84. The van der Waals surface area contributed by atoms with Gasteiger partial charge >= 0.3 is 0 Å². The molecular weight excluding hydrogens is 294 g/mol. The fourth-order valence-electron chi connectivity index (χ4n) is 2.61. The normalized spacial score (nSPS) is 17.8. The third kappa shape index (κ3) is 3.48. The number of carbonyl (C=O) groups excluding carboxylic acids is 1. The van der Waals surface area contributed by atoms with Crippen LogP contribution >= 0.6 is 0 Å². The van der Waals surface area contributed by atoms with Gasteiger partial charge in [-0.25, -0.2) is 4.98 Å². The van der Waals surface area contributed by atoms with Crippen LogP contribution in [-0.2, 0) is 4.74 Å². The third-order valence-corrected chi connectivity index (χ3v) is 3.84. The summed E-state index contributed by atoms with van der Waals surface area (Å²) >= 11 is 0. The van der Waals surface area contributed by atoms with Crippen LogP contribution in [0.1, 0.15) is 27.7 Å². The second-order valence-corrected chi connectivity index (χ2v) is 5.43. The van der Waals surface area contributed by atoms with Gasteiger partial charge in [0, 0.05) is 30.7 Å². The van der Waals surface area contributed by atoms with E-state index in [1.54, 1.807) is 36.5 Å². The van der Waals surface area contributed by atoms with Crippen molar-refractivity contribution in [3.63, 3.8) is 0 Å². The van der Waals surface area contributed by atoms with E-state index in [-0.39, 0.29) is 12.0 Å². The second-order valence-electron chi connectivity index (χ2n) is 5.43. The number of carbonyl (C=O) groups is 1. The minimum Gasteiger partial charge on any atom is -0.481 e. The van der Waals surface area contributed by atoms with E-state index in [9.17, 15) is 4.79 Å². The second kappa shape index (κ2) is 6.75. The summed E-state index contributed by atoms with van der Waals surface area (Å²) in [5, 5.41) is 0. The number of rotatable bonds is 3. The Hall–Kier alpha value is -2.47. The average molecular weight is 313 g/mol. The minimum atomic E-state index is -0.124. The summed E-state index contributed by atoms with van der Waals surface area (Å²) in [5.74, 6) is 0.452. The van der Waals surface area contributed by atoms with Crippen molar-refractivity contribution >= 4 is 5.91 Å². The lowest BCUT2D eigenvalue weighted by molar-refractivity contribution is -0.0228. The van der Waals surface area contributed by atoms with Crippen LogP contribution < -0.4 is 4.74 Å². The summed E-state index contributed by atoms with van der Waals surface area (Å²) in [6.07, 6.45) is 3.19. The van der Waals surface area contributed by atoms with Crippen molar-refractivity contribution in [3.05, 3.63) is 53.5 Å². The van der Waals surface area contributed by atoms with Gasteiger partial charge in [0.05, 0.1) is 25.8 Å². The van der Waals surface area contributed by atoms with Crippen LogP contribution in [0.5, 0.6) is 5.88 Å². The van der Waals surface area contributed by atoms with E-state index < -0.39 is 0 Å². The molecule has 0 radical (unpaired) electrons. The highest BCUT2D eigenvalue weighted by Gasteiger charge is 2.26. The number of amides is 1. The molecule has 2 aromatic heterocycles. The SMILES string of the molecule is COc1ccc(C(=O)N2CCO[C@H](c3ccnc(C)c3)C2)cn1. The van der Waals surface area contributed by atoms with Gasteiger partial charge in [-0.1, -0.05) is 0 Å². The molecule has 1 amide bonds. The lowest BCUT2D eigenvalue weighted by atomic mass is 10.1. The van der Waals surface area contributed by atoms with E-state index in [0.717, 1.165) is 11.3 Å². The zero-order chi connectivity index (χ0) is 16.2. The van der Waals surface area contributed by atoms with E-state index in [1.807, 2.05) is 19.1 Å². The van der Waals surface area contributed by atoms with Gasteiger partial charge in [0.25, 0.3) is 5.91 Å². The monoisotopic (exact) mass is 313 g/mol. The molecule has 3 heterocycles. The highest BCUT2D eigenvalue weighted by molar-refractivity contribution is 5.94. The van der Waals surface area contributed by atoms with E-state index >= 15 is 0 Å². The van der Waals surface area contributed by atoms with Crippen molar-refractivity contribution in [1.29, 1.82) is 0 Å². The standard InChI is InChI=1S/C17H19N3O3/c1-12-9-13(5-6-18-12)15-11-20(7-8-23-15)17(21)14-3-4-16(22-2)19-10-14/h3-6,9-10,15H,7-8,11H2,1-2H3/t15-/m0/s1. The van der Waals surface area contributed by atoms with Crippen molar-refractivity contribution in [2.75, 3.05) is 26.8 Å². The molecule has 0 spiro atoms. The number of aryl methyl sites for hydroxylation is 1. The van der Waals surface area contributed by atoms with E-state index in [0.29, 0.717) is 31.1 Å². The quantitative estimate of drug-likeness (QED) is 0.867. The molecule has 1 aliphatic heterocycles. The summed E-state index contributed by atoms with van der Waals surface area (Å²) in [5.41, 5.74) is 2.54. The van der Waals surface area contributed by atoms with Crippen molar-refractivity contribution < 1.29 is 14.3 Å². The zero-order valence-electron chi connectivity index (χ0n) is 13.2. The fraction of sp³-hybridized carbons (Fsp3) is 0.353. The Labute approximate surface area is 135 Å². The molecule has 0 N–H and O–H groups in total. The van der Waals surface area contributed by atoms with Gasteiger partial charge in [0.1, 0.15) is 6.10 Å². The number of ether oxygens (including phenoxy) is 2. The Morgan fingerprint density at radius 2 is 2.22 bits per heavy atom. The topological polar surface area (TPSA) is 64.5 Å². The van der Waals surface area contributed by atoms with E-state index in [4.69, 9.17) is 9.47 Å². The van der Waals surface area contributed by atoms with Crippen LogP contribution in [0.2, 0.25) is 0 Å². The number of pyridine rings is 2. The maximum Gasteiger partial charge on any atom is 0.255 e. The molecule has 1 atom stereocenters. The minimum absolute atomic E-state index is 0.0424. The Kier molecular flexibility index (Phi) is 4.52. The van der Waals surface area contributed by atoms with Gasteiger partial charge < -0.3 is 14.4 Å². The summed E-state index contributed by atoms with van der Waals surface area (Å²) in [6, 6.07) is 7.35. The van der Waals surface area contributed by atoms with Crippen LogP contribution in [0, 0.1) is 6.92 Å². The molecule has 0 aliphatic carbocycles. The molecule has 3 rings (SSSR count). The summed E-state index contributed by atoms with van der Waals surface area (Å²) in [4.78, 5) is 22.7. The molecule has 0 aromatic carbocycles. The van der Waals surface area contributed by atoms with Crippen LogP contribution in [0.25, 0.3) is 0 Å². The number of aromatic nitrogens is 2. The lowest BCUT2D eigenvalue weighted by Crippen LogP contribution is -2.42. The molecule has 1 fully saturated rings. The first kappa shape index (κ1) is 15.4. The van der Waals surface area contributed by atoms with Crippen LogP contribution in [0.4, 0.5) is 0 Å². The first-order valence-electron chi connectivity index (χ1n) is 7.51. The van der Waals surface area contributed by atoms with Gasteiger partial charge in [0.15, 0.2) is 0 Å². The molecule has 1 saturated heterocycles. The Bertz CT molecular complexity index is 688. The molecule has 6 nitrogen and oxygen atoms in total. The van der Waals surface area contributed by atoms with Gasteiger partial charge in [-0.2, -0.15) is 0 Å². The summed E-state index contributed by atoms with van der Waals surface area (Å²) < 4.78 is 10.8. The number of hydrogen-bond donors (Lipinski definition) is 0. The average Bonchev–Trinajstić information content (AvgIpc) is 2.61. The molecule has 120 valence electrons. The van der Waals surface area contributed by atoms with Crippen LogP contribution in [0.3, 0.4) is 0 Å². The molecule has 0 bridgehead atoms. The largest absolute Gasteiger partial charge is 0.481 e. The van der Waals surface area contributed by atoms with Crippen LogP contribution in [0.15, 0.2) is 36.7 Å². The first-order chi connectivity index (χ1) is 11.2. The molecule has 6 heteroatoms. The number of hydrogen-bond acceptors (Lipinski definition) is 5. The van der Waals surface area contributed by atoms with Gasteiger partial charge in [-0.3, -0.25) is 9.78 Å². The molecule has 23 heavy (non-hydrogen) atoms. The summed E-state index contributed by atoms with van der Waals surface area (Å²) in [6.45, 7) is 3.55. The van der Waals surface area contributed by atoms with Gasteiger partial charge in [-0.15, -0.1) is 0 Å². The fourth-order valence-corrected chi connectivity index (χ4v) is 2.61.